The summed E-state index contributed by atoms with van der Waals surface area (Å²) in [5, 5.41) is 16.0. The van der Waals surface area contributed by atoms with Crippen molar-refractivity contribution in [2.45, 2.75) is 19.3 Å². The topological polar surface area (TPSA) is 61.2 Å². The molecule has 1 aliphatic carbocycles. The Balaban J connectivity index is 2.77. The molecule has 0 saturated heterocycles. The molecular formula is C9H11NO2. The molecule has 0 saturated carbocycles. The number of carbonyl (C=O) groups is 1. The van der Waals surface area contributed by atoms with Crippen molar-refractivity contribution in [3.05, 3.63) is 23.8 Å². The average molecular weight is 165 g/mol. The first-order chi connectivity index (χ1) is 5.70. The van der Waals surface area contributed by atoms with Gasteiger partial charge < -0.3 is 10.5 Å². The Morgan fingerprint density at radius 1 is 1.58 bits per heavy atom. The van der Waals surface area contributed by atoms with E-state index < -0.39 is 5.97 Å². The summed E-state index contributed by atoms with van der Waals surface area (Å²) in [6.45, 7) is 0. The van der Waals surface area contributed by atoms with Crippen LogP contribution in [0, 0.1) is 5.41 Å². The molecule has 2 N–H and O–H groups in total. The van der Waals surface area contributed by atoms with Gasteiger partial charge >= 0.3 is 5.97 Å². The highest BCUT2D eigenvalue weighted by Gasteiger charge is 2.05. The summed E-state index contributed by atoms with van der Waals surface area (Å²) in [5.41, 5.74) is 0.887. The van der Waals surface area contributed by atoms with E-state index in [9.17, 15) is 4.79 Å². The molecule has 0 fully saturated rings. The molecule has 3 nitrogen and oxygen atoms in total. The highest BCUT2D eigenvalue weighted by atomic mass is 16.4. The predicted octanol–water partition coefficient (Wildman–Crippen LogP) is 1.76. The number of aliphatic carboxylic acids is 1. The summed E-state index contributed by atoms with van der Waals surface area (Å²) in [4.78, 5) is 10.5. The number of allylic oxidation sites excluding steroid dienone is 2. The van der Waals surface area contributed by atoms with Gasteiger partial charge in [0.15, 0.2) is 0 Å². The first-order valence-electron chi connectivity index (χ1n) is 3.86. The van der Waals surface area contributed by atoms with Crippen molar-refractivity contribution in [1.82, 2.24) is 0 Å². The van der Waals surface area contributed by atoms with E-state index in [0.717, 1.165) is 12.8 Å². The van der Waals surface area contributed by atoms with Crippen LogP contribution in [-0.4, -0.2) is 16.8 Å². The lowest BCUT2D eigenvalue weighted by Crippen LogP contribution is -2.02. The lowest BCUT2D eigenvalue weighted by molar-refractivity contribution is -0.132. The van der Waals surface area contributed by atoms with Crippen LogP contribution in [0.2, 0.25) is 0 Å². The van der Waals surface area contributed by atoms with E-state index in [1.54, 1.807) is 18.2 Å². The molecule has 1 aliphatic rings. The van der Waals surface area contributed by atoms with Crippen molar-refractivity contribution < 1.29 is 9.90 Å². The molecular weight excluding hydrogens is 154 g/mol. The monoisotopic (exact) mass is 165 g/mol. The Bertz CT molecular complexity index is 264. The normalized spacial score (nSPS) is 18.0. The smallest absolute Gasteiger partial charge is 0.335 e. The highest BCUT2D eigenvalue weighted by Crippen LogP contribution is 2.08. The molecule has 0 unspecified atom stereocenters. The van der Waals surface area contributed by atoms with E-state index in [1.165, 1.54) is 0 Å². The van der Waals surface area contributed by atoms with E-state index in [1.807, 2.05) is 0 Å². The molecule has 0 amide bonds. The van der Waals surface area contributed by atoms with Gasteiger partial charge in [-0.05, 0) is 12.8 Å². The van der Waals surface area contributed by atoms with Crippen LogP contribution in [0.3, 0.4) is 0 Å². The molecule has 3 heteroatoms. The van der Waals surface area contributed by atoms with Crippen LogP contribution in [0.15, 0.2) is 23.8 Å². The Morgan fingerprint density at radius 2 is 2.33 bits per heavy atom. The highest BCUT2D eigenvalue weighted by molar-refractivity contribution is 5.92. The van der Waals surface area contributed by atoms with Crippen LogP contribution in [0.4, 0.5) is 0 Å². The number of carboxylic acid groups (broad SMARTS) is 1. The number of hydrogen-bond acceptors (Lipinski definition) is 2. The van der Waals surface area contributed by atoms with Gasteiger partial charge in [0, 0.05) is 12.1 Å². The van der Waals surface area contributed by atoms with Crippen LogP contribution in [0.5, 0.6) is 0 Å². The van der Waals surface area contributed by atoms with E-state index in [-0.39, 0.29) is 0 Å². The molecule has 0 spiro atoms. The number of hydrogen-bond donors (Lipinski definition) is 2. The van der Waals surface area contributed by atoms with E-state index in [2.05, 4.69) is 0 Å². The Labute approximate surface area is 70.9 Å². The third kappa shape index (κ3) is 2.34. The molecule has 0 aromatic carbocycles. The minimum atomic E-state index is -0.916. The third-order valence-electron chi connectivity index (χ3n) is 1.73. The fourth-order valence-electron chi connectivity index (χ4n) is 1.03. The maximum atomic E-state index is 10.5. The first-order valence-corrected chi connectivity index (χ1v) is 3.86. The maximum absolute atomic E-state index is 10.5. The number of rotatable bonds is 1. The lowest BCUT2D eigenvalue weighted by atomic mass is 10.0. The summed E-state index contributed by atoms with van der Waals surface area (Å²) in [6.07, 6.45) is 6.96. The quantitative estimate of drug-likeness (QED) is 0.621. The zero-order valence-corrected chi connectivity index (χ0v) is 6.71. The molecule has 0 atom stereocenters. The van der Waals surface area contributed by atoms with Gasteiger partial charge in [-0.1, -0.05) is 18.2 Å². The minimum absolute atomic E-state index is 0.291. The molecule has 0 aromatic rings. The predicted molar refractivity (Wildman–Crippen MR) is 46.4 cm³/mol. The van der Waals surface area contributed by atoms with Crippen LogP contribution in [0.1, 0.15) is 19.3 Å². The van der Waals surface area contributed by atoms with Crippen LogP contribution >= 0.6 is 0 Å². The molecule has 0 aliphatic heterocycles. The van der Waals surface area contributed by atoms with Crippen molar-refractivity contribution in [1.29, 1.82) is 5.41 Å². The van der Waals surface area contributed by atoms with Gasteiger partial charge in [-0.2, -0.15) is 0 Å². The molecule has 1 rings (SSSR count). The van der Waals surface area contributed by atoms with Crippen LogP contribution < -0.4 is 0 Å². The Hall–Kier alpha value is -1.38. The molecule has 0 aromatic heterocycles. The molecule has 0 bridgehead atoms. The van der Waals surface area contributed by atoms with Gasteiger partial charge in [0.25, 0.3) is 0 Å². The van der Waals surface area contributed by atoms with Gasteiger partial charge in [0.2, 0.25) is 0 Å². The summed E-state index contributed by atoms with van der Waals surface area (Å²) >= 11 is 0. The second-order valence-corrected chi connectivity index (χ2v) is 2.71. The summed E-state index contributed by atoms with van der Waals surface area (Å²) in [5.74, 6) is -0.916. The van der Waals surface area contributed by atoms with Gasteiger partial charge in [-0.25, -0.2) is 4.79 Å². The second-order valence-electron chi connectivity index (χ2n) is 2.71. The fraction of sp³-hybridized carbons (Fsp3) is 0.333. The van der Waals surface area contributed by atoms with Gasteiger partial charge in [-0.3, -0.25) is 0 Å². The zero-order valence-electron chi connectivity index (χ0n) is 6.71. The van der Waals surface area contributed by atoms with Crippen molar-refractivity contribution >= 4 is 11.7 Å². The third-order valence-corrected chi connectivity index (χ3v) is 1.73. The van der Waals surface area contributed by atoms with E-state index in [4.69, 9.17) is 10.5 Å². The van der Waals surface area contributed by atoms with Crippen molar-refractivity contribution in [3.63, 3.8) is 0 Å². The Kier molecular flexibility index (Phi) is 2.80. The van der Waals surface area contributed by atoms with Crippen LogP contribution in [-0.2, 0) is 4.79 Å². The lowest BCUT2D eigenvalue weighted by Gasteiger charge is -2.02. The maximum Gasteiger partial charge on any atom is 0.335 e. The van der Waals surface area contributed by atoms with Gasteiger partial charge in [0.1, 0.15) is 0 Å². The van der Waals surface area contributed by atoms with Crippen LogP contribution in [0.25, 0.3) is 0 Å². The minimum Gasteiger partial charge on any atom is -0.478 e. The molecule has 64 valence electrons. The van der Waals surface area contributed by atoms with Crippen molar-refractivity contribution in [2.75, 3.05) is 0 Å². The molecule has 0 heterocycles. The summed E-state index contributed by atoms with van der Waals surface area (Å²) in [6, 6.07) is 0. The van der Waals surface area contributed by atoms with Gasteiger partial charge in [0.05, 0.1) is 5.57 Å². The Morgan fingerprint density at radius 3 is 3.00 bits per heavy atom. The number of nitrogens with one attached hydrogen (secondary N) is 1. The SMILES string of the molecule is N=C1CC=C(C(=O)O)C=CCC1. The first kappa shape index (κ1) is 8.71. The van der Waals surface area contributed by atoms with Crippen molar-refractivity contribution in [2.24, 2.45) is 0 Å². The van der Waals surface area contributed by atoms with E-state index >= 15 is 0 Å². The standard InChI is InChI=1S/C9H11NO2/c10-8-4-2-1-3-7(5-6-8)9(11)12/h1,3,5,10H,2,4,6H2,(H,11,12). The van der Waals surface area contributed by atoms with Gasteiger partial charge in [-0.15, -0.1) is 0 Å². The summed E-state index contributed by atoms with van der Waals surface area (Å²) in [7, 11) is 0. The van der Waals surface area contributed by atoms with Crippen molar-refractivity contribution in [3.8, 4) is 0 Å². The second kappa shape index (κ2) is 3.85. The van der Waals surface area contributed by atoms with E-state index in [0.29, 0.717) is 17.7 Å². The largest absolute Gasteiger partial charge is 0.478 e. The molecule has 12 heavy (non-hydrogen) atoms. The number of carboxylic acids is 1. The average Bonchev–Trinajstić information content (AvgIpc) is 1.97. The molecule has 0 radical (unpaired) electrons. The fourth-order valence-corrected chi connectivity index (χ4v) is 1.03. The summed E-state index contributed by atoms with van der Waals surface area (Å²) < 4.78 is 0. The zero-order chi connectivity index (χ0) is 8.97.